The number of Topliss-reactive ketones (excluding diaryl/α,β-unsaturated/α-hetero) is 1. The lowest BCUT2D eigenvalue weighted by molar-refractivity contribution is 0.0491. The quantitative estimate of drug-likeness (QED) is 0.767. The fraction of sp³-hybridized carbons (Fsp3) is 0.533. The van der Waals surface area contributed by atoms with Crippen LogP contribution in [0.15, 0.2) is 24.3 Å². The molecule has 1 aromatic carbocycles. The summed E-state index contributed by atoms with van der Waals surface area (Å²) in [7, 11) is 0. The molecule has 3 heteroatoms. The van der Waals surface area contributed by atoms with Gasteiger partial charge in [-0.3, -0.25) is 4.79 Å². The summed E-state index contributed by atoms with van der Waals surface area (Å²) < 4.78 is 5.50. The van der Waals surface area contributed by atoms with Gasteiger partial charge in [-0.1, -0.05) is 24.3 Å². The number of fused-ring (bicyclic) bond motifs is 1. The lowest BCUT2D eigenvalue weighted by atomic mass is 9.88. The van der Waals surface area contributed by atoms with Crippen molar-refractivity contribution < 1.29 is 9.53 Å². The Bertz CT molecular complexity index is 438. The first-order valence-electron chi connectivity index (χ1n) is 6.79. The van der Waals surface area contributed by atoms with Crippen molar-refractivity contribution in [1.29, 1.82) is 0 Å². The third kappa shape index (κ3) is 2.20. The summed E-state index contributed by atoms with van der Waals surface area (Å²) in [6, 6.07) is 8.23. The molecule has 0 saturated carbocycles. The summed E-state index contributed by atoms with van der Waals surface area (Å²) in [6.45, 7) is 2.28. The molecule has 1 aliphatic carbocycles. The van der Waals surface area contributed by atoms with Crippen molar-refractivity contribution in [2.24, 2.45) is 5.92 Å². The van der Waals surface area contributed by atoms with Crippen LogP contribution in [-0.4, -0.2) is 31.6 Å². The van der Waals surface area contributed by atoms with Gasteiger partial charge in [0.1, 0.15) is 0 Å². The van der Waals surface area contributed by atoms with Crippen molar-refractivity contribution in [3.63, 3.8) is 0 Å². The largest absolute Gasteiger partial charge is 0.378 e. The molecule has 0 aromatic heterocycles. The second-order valence-electron chi connectivity index (χ2n) is 5.16. The predicted molar refractivity (Wildman–Crippen MR) is 69.8 cm³/mol. The summed E-state index contributed by atoms with van der Waals surface area (Å²) in [5.41, 5.74) is 2.13. The molecular weight excluding hydrogens is 226 g/mol. The molecule has 96 valence electrons. The summed E-state index contributed by atoms with van der Waals surface area (Å²) in [4.78, 5) is 12.6. The van der Waals surface area contributed by atoms with Crippen LogP contribution in [0.3, 0.4) is 0 Å². The van der Waals surface area contributed by atoms with Gasteiger partial charge in [0.15, 0.2) is 5.78 Å². The Hall–Kier alpha value is -1.19. The third-order valence-corrected chi connectivity index (χ3v) is 4.02. The second-order valence-corrected chi connectivity index (χ2v) is 5.16. The molecule has 1 N–H and O–H groups in total. The average Bonchev–Trinajstić information content (AvgIpc) is 2.60. The van der Waals surface area contributed by atoms with Crippen LogP contribution in [0.1, 0.15) is 28.8 Å². The van der Waals surface area contributed by atoms with Crippen LogP contribution in [0.4, 0.5) is 0 Å². The minimum atomic E-state index is 0.0777. The van der Waals surface area contributed by atoms with Crippen molar-refractivity contribution in [1.82, 2.24) is 5.32 Å². The molecule has 2 unspecified atom stereocenters. The lowest BCUT2D eigenvalue weighted by Crippen LogP contribution is -2.48. The maximum Gasteiger partial charge on any atom is 0.167 e. The normalized spacial score (nSPS) is 28.6. The van der Waals surface area contributed by atoms with Gasteiger partial charge < -0.3 is 10.1 Å². The molecule has 2 atom stereocenters. The zero-order valence-corrected chi connectivity index (χ0v) is 10.5. The van der Waals surface area contributed by atoms with Crippen molar-refractivity contribution in [2.45, 2.75) is 25.3 Å². The number of rotatable bonds is 1. The van der Waals surface area contributed by atoms with Crippen LogP contribution in [0.25, 0.3) is 0 Å². The SMILES string of the molecule is O=C1c2ccccc2CCCC1C1COCCN1. The number of aryl methyl sites for hydroxylation is 1. The van der Waals surface area contributed by atoms with Crippen LogP contribution in [-0.2, 0) is 11.2 Å². The number of ether oxygens (including phenoxy) is 1. The van der Waals surface area contributed by atoms with Gasteiger partial charge in [0.25, 0.3) is 0 Å². The minimum absolute atomic E-state index is 0.0777. The summed E-state index contributed by atoms with van der Waals surface area (Å²) in [5.74, 6) is 0.375. The van der Waals surface area contributed by atoms with Crippen molar-refractivity contribution in [3.8, 4) is 0 Å². The van der Waals surface area contributed by atoms with E-state index in [-0.39, 0.29) is 12.0 Å². The van der Waals surface area contributed by atoms with Gasteiger partial charge in [-0.2, -0.15) is 0 Å². The van der Waals surface area contributed by atoms with E-state index in [1.807, 2.05) is 18.2 Å². The molecule has 1 aromatic rings. The van der Waals surface area contributed by atoms with Crippen LogP contribution in [0.5, 0.6) is 0 Å². The van der Waals surface area contributed by atoms with Gasteiger partial charge in [-0.05, 0) is 24.8 Å². The van der Waals surface area contributed by atoms with Crippen LogP contribution < -0.4 is 5.32 Å². The van der Waals surface area contributed by atoms with E-state index < -0.39 is 0 Å². The molecule has 0 radical (unpaired) electrons. The Morgan fingerprint density at radius 2 is 2.17 bits per heavy atom. The molecule has 0 spiro atoms. The number of nitrogens with one attached hydrogen (secondary N) is 1. The zero-order valence-electron chi connectivity index (χ0n) is 10.5. The van der Waals surface area contributed by atoms with E-state index in [0.717, 1.165) is 38.0 Å². The first-order valence-corrected chi connectivity index (χ1v) is 6.79. The Morgan fingerprint density at radius 3 is 3.00 bits per heavy atom. The number of benzene rings is 1. The first kappa shape index (κ1) is 11.9. The van der Waals surface area contributed by atoms with E-state index in [1.165, 1.54) is 5.56 Å². The van der Waals surface area contributed by atoms with E-state index >= 15 is 0 Å². The monoisotopic (exact) mass is 245 g/mol. The second kappa shape index (κ2) is 5.21. The summed E-state index contributed by atoms with van der Waals surface area (Å²) >= 11 is 0. The number of morpholine rings is 1. The van der Waals surface area contributed by atoms with E-state index in [0.29, 0.717) is 12.4 Å². The van der Waals surface area contributed by atoms with Crippen LogP contribution >= 0.6 is 0 Å². The molecule has 3 nitrogen and oxygen atoms in total. The number of carbonyl (C=O) groups is 1. The molecule has 2 aliphatic rings. The minimum Gasteiger partial charge on any atom is -0.378 e. The fourth-order valence-electron chi connectivity index (χ4n) is 3.05. The third-order valence-electron chi connectivity index (χ3n) is 4.02. The van der Waals surface area contributed by atoms with E-state index in [1.54, 1.807) is 0 Å². The Labute approximate surface area is 108 Å². The van der Waals surface area contributed by atoms with E-state index in [4.69, 9.17) is 4.74 Å². The molecule has 1 fully saturated rings. The van der Waals surface area contributed by atoms with E-state index in [2.05, 4.69) is 11.4 Å². The summed E-state index contributed by atoms with van der Waals surface area (Å²) in [6.07, 6.45) is 3.08. The molecule has 1 saturated heterocycles. The Balaban J connectivity index is 1.86. The number of hydrogen-bond donors (Lipinski definition) is 1. The van der Waals surface area contributed by atoms with Gasteiger partial charge in [0, 0.05) is 24.1 Å². The Morgan fingerprint density at radius 1 is 1.28 bits per heavy atom. The standard InChI is InChI=1S/C15H19NO2/c17-15-12-6-2-1-4-11(12)5-3-7-13(15)14-10-18-9-8-16-14/h1-2,4,6,13-14,16H,3,5,7-10H2. The molecule has 1 heterocycles. The van der Waals surface area contributed by atoms with Crippen molar-refractivity contribution >= 4 is 5.78 Å². The molecule has 18 heavy (non-hydrogen) atoms. The average molecular weight is 245 g/mol. The highest BCUT2D eigenvalue weighted by Gasteiger charge is 2.32. The topological polar surface area (TPSA) is 38.3 Å². The van der Waals surface area contributed by atoms with Gasteiger partial charge in [0.2, 0.25) is 0 Å². The Kier molecular flexibility index (Phi) is 3.43. The highest BCUT2D eigenvalue weighted by molar-refractivity contribution is 6.00. The van der Waals surface area contributed by atoms with E-state index in [9.17, 15) is 4.79 Å². The van der Waals surface area contributed by atoms with Gasteiger partial charge in [-0.15, -0.1) is 0 Å². The smallest absolute Gasteiger partial charge is 0.167 e. The lowest BCUT2D eigenvalue weighted by Gasteiger charge is -2.29. The molecule has 0 bridgehead atoms. The first-order chi connectivity index (χ1) is 8.86. The fourth-order valence-corrected chi connectivity index (χ4v) is 3.05. The summed E-state index contributed by atoms with van der Waals surface area (Å²) in [5, 5.41) is 3.43. The van der Waals surface area contributed by atoms with Crippen molar-refractivity contribution in [2.75, 3.05) is 19.8 Å². The number of ketones is 1. The van der Waals surface area contributed by atoms with Crippen molar-refractivity contribution in [3.05, 3.63) is 35.4 Å². The molecule has 3 rings (SSSR count). The van der Waals surface area contributed by atoms with Gasteiger partial charge in [-0.25, -0.2) is 0 Å². The maximum atomic E-state index is 12.6. The number of carbonyl (C=O) groups excluding carboxylic acids is 1. The predicted octanol–water partition coefficient (Wildman–Crippen LogP) is 1.81. The van der Waals surface area contributed by atoms with Crippen LogP contribution in [0, 0.1) is 5.92 Å². The molecule has 0 amide bonds. The number of hydrogen-bond acceptors (Lipinski definition) is 3. The highest BCUT2D eigenvalue weighted by atomic mass is 16.5. The van der Waals surface area contributed by atoms with Gasteiger partial charge >= 0.3 is 0 Å². The zero-order chi connectivity index (χ0) is 12.4. The van der Waals surface area contributed by atoms with Gasteiger partial charge in [0.05, 0.1) is 13.2 Å². The van der Waals surface area contributed by atoms with Crippen LogP contribution in [0.2, 0.25) is 0 Å². The highest BCUT2D eigenvalue weighted by Crippen LogP contribution is 2.27. The molecular formula is C15H19NO2. The molecule has 1 aliphatic heterocycles. The maximum absolute atomic E-state index is 12.6.